The molecule has 0 aliphatic heterocycles. The molecule has 1 aliphatic carbocycles. The summed E-state index contributed by atoms with van der Waals surface area (Å²) in [5, 5.41) is 4.03. The highest BCUT2D eigenvalue weighted by atomic mass is 16.5. The van der Waals surface area contributed by atoms with E-state index in [1.54, 1.807) is 31.4 Å². The van der Waals surface area contributed by atoms with Gasteiger partial charge in [-0.2, -0.15) is 5.10 Å². The summed E-state index contributed by atoms with van der Waals surface area (Å²) in [7, 11) is 1.58. The number of allylic oxidation sites excluding steroid dienone is 2. The number of ether oxygens (including phenoxy) is 1. The van der Waals surface area contributed by atoms with Crippen molar-refractivity contribution in [2.75, 3.05) is 7.11 Å². The first-order valence-corrected chi connectivity index (χ1v) is 6.42. The van der Waals surface area contributed by atoms with Crippen LogP contribution in [0.3, 0.4) is 0 Å². The molecule has 0 fully saturated rings. The summed E-state index contributed by atoms with van der Waals surface area (Å²) >= 11 is 0. The zero-order valence-corrected chi connectivity index (χ0v) is 11.0. The Hall–Kier alpha value is -2.10. The van der Waals surface area contributed by atoms with Gasteiger partial charge in [0.2, 0.25) is 0 Å². The minimum Gasteiger partial charge on any atom is -0.497 e. The van der Waals surface area contributed by atoms with Gasteiger partial charge >= 0.3 is 0 Å². The van der Waals surface area contributed by atoms with Crippen molar-refractivity contribution < 1.29 is 9.53 Å². The molecule has 0 saturated carbocycles. The maximum absolute atomic E-state index is 11.9. The van der Waals surface area contributed by atoms with E-state index in [9.17, 15) is 4.79 Å². The average molecular weight is 258 g/mol. The molecule has 0 radical (unpaired) electrons. The molecule has 4 heteroatoms. The Bertz CT molecular complexity index is 495. The Morgan fingerprint density at radius 2 is 2.37 bits per heavy atom. The van der Waals surface area contributed by atoms with E-state index in [0.29, 0.717) is 17.2 Å². The highest BCUT2D eigenvalue weighted by Gasteiger charge is 2.08. The third-order valence-electron chi connectivity index (χ3n) is 3.09. The molecule has 1 aromatic rings. The van der Waals surface area contributed by atoms with Crippen LogP contribution >= 0.6 is 0 Å². The monoisotopic (exact) mass is 258 g/mol. The summed E-state index contributed by atoms with van der Waals surface area (Å²) in [5.41, 5.74) is 3.09. The quantitative estimate of drug-likeness (QED) is 0.513. The lowest BCUT2D eigenvalue weighted by Gasteiger charge is -2.11. The number of hydrogen-bond acceptors (Lipinski definition) is 3. The fourth-order valence-electron chi connectivity index (χ4n) is 1.98. The number of carbonyl (C=O) groups excluding carboxylic acids is 1. The van der Waals surface area contributed by atoms with Crippen molar-refractivity contribution in [2.24, 2.45) is 11.0 Å². The van der Waals surface area contributed by atoms with E-state index in [4.69, 9.17) is 4.74 Å². The Morgan fingerprint density at radius 3 is 3.11 bits per heavy atom. The van der Waals surface area contributed by atoms with Crippen LogP contribution in [0.1, 0.15) is 29.6 Å². The van der Waals surface area contributed by atoms with Crippen LogP contribution in [0, 0.1) is 5.92 Å². The lowest BCUT2D eigenvalue weighted by Crippen LogP contribution is -2.18. The standard InChI is InChI=1S/C15H18N2O2/c1-19-14-9-5-8-13(10-14)15(18)17-16-11-12-6-3-2-4-7-12/h2-3,5,8-12H,4,6-7H2,1H3,(H,17,18). The molecule has 1 N–H and O–H groups in total. The van der Waals surface area contributed by atoms with Gasteiger partial charge in [-0.3, -0.25) is 4.79 Å². The Balaban J connectivity index is 1.89. The molecule has 1 aromatic carbocycles. The third kappa shape index (κ3) is 3.95. The maximum Gasteiger partial charge on any atom is 0.271 e. The fraction of sp³-hybridized carbons (Fsp3) is 0.333. The third-order valence-corrected chi connectivity index (χ3v) is 3.09. The molecule has 100 valence electrons. The van der Waals surface area contributed by atoms with E-state index >= 15 is 0 Å². The maximum atomic E-state index is 11.9. The van der Waals surface area contributed by atoms with Crippen LogP contribution in [0.25, 0.3) is 0 Å². The highest BCUT2D eigenvalue weighted by molar-refractivity contribution is 5.94. The van der Waals surface area contributed by atoms with Crippen molar-refractivity contribution >= 4 is 12.1 Å². The first-order chi connectivity index (χ1) is 9.29. The minimum absolute atomic E-state index is 0.221. The average Bonchev–Trinajstić information content (AvgIpc) is 2.48. The smallest absolute Gasteiger partial charge is 0.271 e. The topological polar surface area (TPSA) is 50.7 Å². The van der Waals surface area contributed by atoms with Gasteiger partial charge in [-0.05, 0) is 43.4 Å². The molecule has 1 unspecified atom stereocenters. The summed E-state index contributed by atoms with van der Waals surface area (Å²) in [6, 6.07) is 7.00. The van der Waals surface area contributed by atoms with Crippen molar-refractivity contribution in [3.05, 3.63) is 42.0 Å². The lowest BCUT2D eigenvalue weighted by molar-refractivity contribution is 0.0954. The highest BCUT2D eigenvalue weighted by Crippen LogP contribution is 2.15. The van der Waals surface area contributed by atoms with Crippen LogP contribution in [-0.4, -0.2) is 19.2 Å². The summed E-state index contributed by atoms with van der Waals surface area (Å²) in [6.07, 6.45) is 9.33. The number of rotatable bonds is 4. The zero-order valence-electron chi connectivity index (χ0n) is 11.0. The first kappa shape index (κ1) is 13.3. The Labute approximate surface area is 113 Å². The van der Waals surface area contributed by atoms with Gasteiger partial charge in [0.1, 0.15) is 5.75 Å². The molecule has 4 nitrogen and oxygen atoms in total. The largest absolute Gasteiger partial charge is 0.497 e. The number of hydrogen-bond donors (Lipinski definition) is 1. The number of benzene rings is 1. The van der Waals surface area contributed by atoms with Gasteiger partial charge < -0.3 is 4.74 Å². The van der Waals surface area contributed by atoms with Gasteiger partial charge in [0.15, 0.2) is 0 Å². The normalized spacial score (nSPS) is 18.5. The van der Waals surface area contributed by atoms with E-state index in [0.717, 1.165) is 19.3 Å². The predicted octanol–water partition coefficient (Wildman–Crippen LogP) is 2.77. The summed E-state index contributed by atoms with van der Waals surface area (Å²) in [6.45, 7) is 0. The number of methoxy groups -OCH3 is 1. The summed E-state index contributed by atoms with van der Waals surface area (Å²) in [4.78, 5) is 11.9. The van der Waals surface area contributed by atoms with Gasteiger partial charge in [0.05, 0.1) is 7.11 Å². The first-order valence-electron chi connectivity index (χ1n) is 6.42. The SMILES string of the molecule is COc1cccc(C(=O)NN=CC2CC=CCC2)c1. The van der Waals surface area contributed by atoms with Crippen molar-refractivity contribution in [2.45, 2.75) is 19.3 Å². The lowest BCUT2D eigenvalue weighted by atomic mass is 9.96. The Morgan fingerprint density at radius 1 is 1.47 bits per heavy atom. The molecular formula is C15H18N2O2. The fourth-order valence-corrected chi connectivity index (χ4v) is 1.98. The number of nitrogens with zero attached hydrogens (tertiary/aromatic N) is 1. The molecule has 0 spiro atoms. The predicted molar refractivity (Wildman–Crippen MR) is 75.4 cm³/mol. The number of amides is 1. The van der Waals surface area contributed by atoms with Gasteiger partial charge in [0, 0.05) is 11.8 Å². The molecule has 0 heterocycles. The Kier molecular flexibility index (Phi) is 4.72. The number of nitrogens with one attached hydrogen (secondary N) is 1. The minimum atomic E-state index is -0.221. The zero-order chi connectivity index (χ0) is 13.5. The van der Waals surface area contributed by atoms with Crippen molar-refractivity contribution in [1.82, 2.24) is 5.43 Å². The summed E-state index contributed by atoms with van der Waals surface area (Å²) < 4.78 is 5.08. The van der Waals surface area contributed by atoms with Crippen molar-refractivity contribution in [3.8, 4) is 5.75 Å². The molecule has 0 bridgehead atoms. The molecule has 1 atom stereocenters. The van der Waals surface area contributed by atoms with Gasteiger partial charge in [-0.25, -0.2) is 5.43 Å². The molecular weight excluding hydrogens is 240 g/mol. The molecule has 2 rings (SSSR count). The number of hydrazone groups is 1. The number of carbonyl (C=O) groups is 1. The van der Waals surface area contributed by atoms with E-state index in [1.807, 2.05) is 6.21 Å². The molecule has 0 aromatic heterocycles. The molecule has 19 heavy (non-hydrogen) atoms. The van der Waals surface area contributed by atoms with E-state index in [-0.39, 0.29) is 5.91 Å². The van der Waals surface area contributed by atoms with Gasteiger partial charge in [0.25, 0.3) is 5.91 Å². The second-order valence-corrected chi connectivity index (χ2v) is 4.50. The van der Waals surface area contributed by atoms with Crippen molar-refractivity contribution in [3.63, 3.8) is 0 Å². The molecule has 0 saturated heterocycles. The van der Waals surface area contributed by atoms with Crippen LogP contribution in [0.5, 0.6) is 5.75 Å². The van der Waals surface area contributed by atoms with E-state index in [2.05, 4.69) is 22.7 Å². The second-order valence-electron chi connectivity index (χ2n) is 4.50. The van der Waals surface area contributed by atoms with E-state index in [1.165, 1.54) is 0 Å². The van der Waals surface area contributed by atoms with Crippen LogP contribution in [0.15, 0.2) is 41.5 Å². The van der Waals surface area contributed by atoms with Gasteiger partial charge in [-0.1, -0.05) is 18.2 Å². The van der Waals surface area contributed by atoms with E-state index < -0.39 is 0 Å². The molecule has 1 aliphatic rings. The van der Waals surface area contributed by atoms with Crippen LogP contribution < -0.4 is 10.2 Å². The van der Waals surface area contributed by atoms with Crippen molar-refractivity contribution in [1.29, 1.82) is 0 Å². The molecule has 1 amide bonds. The second kappa shape index (κ2) is 6.73. The van der Waals surface area contributed by atoms with Crippen LogP contribution in [0.4, 0.5) is 0 Å². The summed E-state index contributed by atoms with van der Waals surface area (Å²) in [5.74, 6) is 0.867. The van der Waals surface area contributed by atoms with Crippen LogP contribution in [0.2, 0.25) is 0 Å². The van der Waals surface area contributed by atoms with Gasteiger partial charge in [-0.15, -0.1) is 0 Å². The van der Waals surface area contributed by atoms with Crippen LogP contribution in [-0.2, 0) is 0 Å².